The largest absolute Gasteiger partial charge is 0.462 e. The van der Waals surface area contributed by atoms with E-state index in [-0.39, 0.29) is 31.1 Å². The van der Waals surface area contributed by atoms with Crippen LogP contribution in [0.2, 0.25) is 0 Å². The third-order valence-electron chi connectivity index (χ3n) is 10.3. The van der Waals surface area contributed by atoms with E-state index < -0.39 is 6.10 Å². The third-order valence-corrected chi connectivity index (χ3v) is 10.3. The van der Waals surface area contributed by atoms with E-state index in [1.165, 1.54) is 103 Å². The number of carbonyl (C=O) groups is 3. The van der Waals surface area contributed by atoms with Crippen molar-refractivity contribution in [2.45, 2.75) is 239 Å². The Balaban J connectivity index is 4.44. The van der Waals surface area contributed by atoms with Gasteiger partial charge in [0.2, 0.25) is 0 Å². The van der Waals surface area contributed by atoms with Gasteiger partial charge in [-0.25, -0.2) is 0 Å². The minimum Gasteiger partial charge on any atom is -0.462 e. The first-order valence-corrected chi connectivity index (χ1v) is 24.3. The normalized spacial score (nSPS) is 12.5. The molecule has 0 saturated carbocycles. The Hall–Kier alpha value is -2.89. The molecule has 0 saturated heterocycles. The topological polar surface area (TPSA) is 78.9 Å². The number of unbranched alkanes of at least 4 members (excludes halogenated alkanes) is 22. The second kappa shape index (κ2) is 46.8. The maximum absolute atomic E-state index is 12.8. The molecule has 0 spiro atoms. The fraction of sp³-hybridized carbons (Fsp3) is 0.750. The molecule has 0 unspecified atom stereocenters. The molecule has 0 fully saturated rings. The average molecular weight is 811 g/mol. The number of carbonyl (C=O) groups excluding carboxylic acids is 3. The number of ether oxygens (including phenoxy) is 3. The van der Waals surface area contributed by atoms with Crippen LogP contribution >= 0.6 is 0 Å². The van der Waals surface area contributed by atoms with Gasteiger partial charge in [0.25, 0.3) is 0 Å². The van der Waals surface area contributed by atoms with E-state index in [1.54, 1.807) is 0 Å². The van der Waals surface area contributed by atoms with Crippen molar-refractivity contribution in [2.24, 2.45) is 0 Å². The second-order valence-electron chi connectivity index (χ2n) is 16.0. The van der Waals surface area contributed by atoms with Crippen molar-refractivity contribution in [1.29, 1.82) is 0 Å². The van der Waals surface area contributed by atoms with Crippen molar-refractivity contribution in [3.8, 4) is 0 Å². The van der Waals surface area contributed by atoms with Gasteiger partial charge in [-0.15, -0.1) is 0 Å². The van der Waals surface area contributed by atoms with Crippen LogP contribution in [-0.4, -0.2) is 37.2 Å². The maximum Gasteiger partial charge on any atom is 0.306 e. The summed E-state index contributed by atoms with van der Waals surface area (Å²) in [5.74, 6) is -0.941. The predicted molar refractivity (Wildman–Crippen MR) is 247 cm³/mol. The van der Waals surface area contributed by atoms with Crippen LogP contribution in [-0.2, 0) is 28.6 Å². The lowest BCUT2D eigenvalue weighted by molar-refractivity contribution is -0.167. The van der Waals surface area contributed by atoms with Gasteiger partial charge in [0.05, 0.1) is 0 Å². The number of hydrogen-bond donors (Lipinski definition) is 0. The molecule has 0 aromatic heterocycles. The quantitative estimate of drug-likeness (QED) is 0.0264. The van der Waals surface area contributed by atoms with Crippen LogP contribution in [0.3, 0.4) is 0 Å². The lowest BCUT2D eigenvalue weighted by Crippen LogP contribution is -2.30. The van der Waals surface area contributed by atoms with Gasteiger partial charge in [0.1, 0.15) is 13.2 Å². The molecule has 0 amide bonds. The lowest BCUT2D eigenvalue weighted by atomic mass is 10.0. The van der Waals surface area contributed by atoms with Crippen LogP contribution < -0.4 is 0 Å². The minimum absolute atomic E-state index is 0.0905. The molecule has 0 N–H and O–H groups in total. The van der Waals surface area contributed by atoms with Crippen molar-refractivity contribution >= 4 is 17.9 Å². The Labute approximate surface area is 358 Å². The number of allylic oxidation sites excluding steroid dienone is 10. The zero-order valence-electron chi connectivity index (χ0n) is 38.0. The molecular weight excluding hydrogens is 721 g/mol. The van der Waals surface area contributed by atoms with Crippen LogP contribution in [0, 0.1) is 0 Å². The zero-order valence-corrected chi connectivity index (χ0v) is 38.0. The molecule has 0 aromatic rings. The summed E-state index contributed by atoms with van der Waals surface area (Å²) in [7, 11) is 0. The van der Waals surface area contributed by atoms with E-state index in [9.17, 15) is 14.4 Å². The van der Waals surface area contributed by atoms with Crippen LogP contribution in [0.1, 0.15) is 233 Å². The van der Waals surface area contributed by atoms with Crippen LogP contribution in [0.25, 0.3) is 0 Å². The summed E-state index contributed by atoms with van der Waals surface area (Å²) >= 11 is 0. The van der Waals surface area contributed by atoms with Gasteiger partial charge in [-0.3, -0.25) is 14.4 Å². The van der Waals surface area contributed by atoms with Crippen molar-refractivity contribution < 1.29 is 28.6 Å². The van der Waals surface area contributed by atoms with Gasteiger partial charge in [0.15, 0.2) is 6.10 Å². The highest BCUT2D eigenvalue weighted by Crippen LogP contribution is 2.15. The van der Waals surface area contributed by atoms with Crippen molar-refractivity contribution in [3.63, 3.8) is 0 Å². The Bertz CT molecular complexity index is 1070. The van der Waals surface area contributed by atoms with Gasteiger partial charge >= 0.3 is 17.9 Å². The fourth-order valence-corrected chi connectivity index (χ4v) is 6.59. The Kier molecular flexibility index (Phi) is 44.5. The molecule has 0 heterocycles. The highest BCUT2D eigenvalue weighted by Gasteiger charge is 2.19. The summed E-state index contributed by atoms with van der Waals surface area (Å²) in [6.45, 7) is 6.44. The predicted octanol–water partition coefficient (Wildman–Crippen LogP) is 15.7. The number of esters is 3. The molecule has 334 valence electrons. The van der Waals surface area contributed by atoms with Gasteiger partial charge < -0.3 is 14.2 Å². The fourth-order valence-electron chi connectivity index (χ4n) is 6.59. The van der Waals surface area contributed by atoms with Gasteiger partial charge in [-0.05, 0) is 77.0 Å². The minimum atomic E-state index is -0.790. The molecule has 0 aliphatic carbocycles. The average Bonchev–Trinajstić information content (AvgIpc) is 3.22. The van der Waals surface area contributed by atoms with E-state index in [4.69, 9.17) is 14.2 Å². The maximum atomic E-state index is 12.8. The van der Waals surface area contributed by atoms with Crippen molar-refractivity contribution in [3.05, 3.63) is 60.8 Å². The molecule has 0 aromatic carbocycles. The van der Waals surface area contributed by atoms with Gasteiger partial charge in [-0.2, -0.15) is 0 Å². The molecule has 0 aliphatic heterocycles. The number of hydrogen-bond acceptors (Lipinski definition) is 6. The highest BCUT2D eigenvalue weighted by atomic mass is 16.6. The van der Waals surface area contributed by atoms with Crippen LogP contribution in [0.5, 0.6) is 0 Å². The molecule has 6 heteroatoms. The zero-order chi connectivity index (χ0) is 42.3. The summed E-state index contributed by atoms with van der Waals surface area (Å²) < 4.78 is 16.7. The first kappa shape index (κ1) is 55.1. The Morgan fingerprint density at radius 2 is 0.690 bits per heavy atom. The molecule has 58 heavy (non-hydrogen) atoms. The Morgan fingerprint density at radius 1 is 0.362 bits per heavy atom. The van der Waals surface area contributed by atoms with E-state index >= 15 is 0 Å². The molecule has 0 rings (SSSR count). The summed E-state index contributed by atoms with van der Waals surface area (Å²) in [5.41, 5.74) is 0. The second-order valence-corrected chi connectivity index (χ2v) is 16.0. The van der Waals surface area contributed by atoms with E-state index in [1.807, 2.05) is 0 Å². The van der Waals surface area contributed by atoms with Crippen LogP contribution in [0.4, 0.5) is 0 Å². The SMILES string of the molecule is CC/C=C\C/C=C\C/C=C\C/C=C\CCCCC(=O)OC[C@@H](COC(=O)CCCCCCC/C=C\CCCC)OC(=O)CCCCCCCCCCCCCCCC. The van der Waals surface area contributed by atoms with E-state index in [0.29, 0.717) is 19.3 Å². The first-order valence-electron chi connectivity index (χ1n) is 24.3. The summed E-state index contributed by atoms with van der Waals surface area (Å²) in [5, 5.41) is 0. The Morgan fingerprint density at radius 3 is 1.16 bits per heavy atom. The summed E-state index contributed by atoms with van der Waals surface area (Å²) in [6, 6.07) is 0. The monoisotopic (exact) mass is 811 g/mol. The third kappa shape index (κ3) is 44.2. The van der Waals surface area contributed by atoms with Crippen molar-refractivity contribution in [1.82, 2.24) is 0 Å². The molecular formula is C52H90O6. The standard InChI is InChI=1S/C52H90O6/c1-4-7-10-13-16-19-22-24-26-28-30-33-36-39-42-45-51(54)57-48-49(47-56-50(53)44-41-38-35-32-29-21-18-15-12-9-6-3)58-52(55)46-43-40-37-34-31-27-25-23-20-17-14-11-8-5-2/h7,10,15-16,18-19,24,26,30,33,49H,4-6,8-9,11-14,17,20-23,25,27-29,31-32,34-48H2,1-3H3/b10-7-,18-15-,19-16-,26-24-,33-30-/t49-/m1/s1. The molecule has 0 bridgehead atoms. The molecule has 0 radical (unpaired) electrons. The summed E-state index contributed by atoms with van der Waals surface area (Å²) in [4.78, 5) is 37.8. The van der Waals surface area contributed by atoms with Gasteiger partial charge in [0, 0.05) is 19.3 Å². The van der Waals surface area contributed by atoms with E-state index in [2.05, 4.69) is 81.5 Å². The smallest absolute Gasteiger partial charge is 0.306 e. The molecule has 1 atom stereocenters. The first-order chi connectivity index (χ1) is 28.5. The lowest BCUT2D eigenvalue weighted by Gasteiger charge is -2.18. The van der Waals surface area contributed by atoms with Crippen LogP contribution in [0.15, 0.2) is 60.8 Å². The van der Waals surface area contributed by atoms with Gasteiger partial charge in [-0.1, -0.05) is 197 Å². The molecule has 0 aliphatic rings. The molecule has 6 nitrogen and oxygen atoms in total. The van der Waals surface area contributed by atoms with Crippen molar-refractivity contribution in [2.75, 3.05) is 13.2 Å². The van der Waals surface area contributed by atoms with E-state index in [0.717, 1.165) is 89.9 Å². The summed E-state index contributed by atoms with van der Waals surface area (Å²) in [6.07, 6.45) is 56.3. The number of rotatable bonds is 43. The highest BCUT2D eigenvalue weighted by molar-refractivity contribution is 5.71.